The van der Waals surface area contributed by atoms with Crippen molar-refractivity contribution in [1.82, 2.24) is 9.80 Å². The van der Waals surface area contributed by atoms with Crippen LogP contribution in [-0.2, 0) is 0 Å². The van der Waals surface area contributed by atoms with Crippen molar-refractivity contribution in [1.29, 1.82) is 0 Å². The van der Waals surface area contributed by atoms with Crippen LogP contribution in [0.2, 0.25) is 5.02 Å². The third-order valence-corrected chi connectivity index (χ3v) is 7.78. The highest BCUT2D eigenvalue weighted by Crippen LogP contribution is 2.29. The minimum Gasteiger partial charge on any atom is -0.367 e. The summed E-state index contributed by atoms with van der Waals surface area (Å²) in [6.07, 6.45) is 3.11. The Balaban J connectivity index is 1.36. The van der Waals surface area contributed by atoms with Gasteiger partial charge in [-0.2, -0.15) is 0 Å². The van der Waals surface area contributed by atoms with Gasteiger partial charge < -0.3 is 20.0 Å². The molecule has 2 fully saturated rings. The Bertz CT molecular complexity index is 1360. The minimum absolute atomic E-state index is 0.0249. The lowest BCUT2D eigenvalue weighted by molar-refractivity contribution is 0.0718. The maximum absolute atomic E-state index is 13.7. The fourth-order valence-corrected chi connectivity index (χ4v) is 5.42. The number of anilines is 2. The molecule has 2 heterocycles. The third-order valence-electron chi connectivity index (χ3n) is 7.45. The van der Waals surface area contributed by atoms with E-state index in [-0.39, 0.29) is 17.7 Å². The molecule has 0 aliphatic carbocycles. The zero-order chi connectivity index (χ0) is 27.4. The number of benzene rings is 3. The second kappa shape index (κ2) is 11.9. The molecule has 3 amide bonds. The number of hydrogen-bond acceptors (Lipinski definition) is 4. The van der Waals surface area contributed by atoms with E-state index in [1.165, 1.54) is 0 Å². The summed E-state index contributed by atoms with van der Waals surface area (Å²) >= 11 is 6.22. The van der Waals surface area contributed by atoms with Crippen molar-refractivity contribution in [3.05, 3.63) is 94.0 Å². The first kappa shape index (κ1) is 26.8. The number of likely N-dealkylation sites (tertiary alicyclic amines) is 1. The number of rotatable bonds is 5. The SMILES string of the molecule is Cc1ccc(C(=O)N2CCN(c3ccc(NC(=O)c4ccccc4Cl)cc3C(=O)N3CCCCC3)CC2)cc1. The Labute approximate surface area is 234 Å². The molecule has 0 unspecified atom stereocenters. The van der Waals surface area contributed by atoms with Crippen molar-refractivity contribution in [3.8, 4) is 0 Å². The quantitative estimate of drug-likeness (QED) is 0.461. The molecule has 5 rings (SSSR count). The number of piperazine rings is 1. The topological polar surface area (TPSA) is 73.0 Å². The van der Waals surface area contributed by atoms with Crippen molar-refractivity contribution in [2.45, 2.75) is 26.2 Å². The number of nitrogens with one attached hydrogen (secondary N) is 1. The number of hydrogen-bond donors (Lipinski definition) is 1. The maximum atomic E-state index is 13.7. The van der Waals surface area contributed by atoms with Crippen LogP contribution >= 0.6 is 11.6 Å². The van der Waals surface area contributed by atoms with Crippen LogP contribution < -0.4 is 10.2 Å². The Morgan fingerprint density at radius 1 is 0.718 bits per heavy atom. The average Bonchev–Trinajstić information content (AvgIpc) is 2.97. The highest BCUT2D eigenvalue weighted by molar-refractivity contribution is 6.34. The van der Waals surface area contributed by atoms with Crippen LogP contribution in [0.4, 0.5) is 11.4 Å². The average molecular weight is 545 g/mol. The minimum atomic E-state index is -0.326. The Morgan fingerprint density at radius 2 is 1.38 bits per heavy atom. The molecule has 0 atom stereocenters. The Morgan fingerprint density at radius 3 is 2.08 bits per heavy atom. The van der Waals surface area contributed by atoms with Crippen LogP contribution in [0.25, 0.3) is 0 Å². The fourth-order valence-electron chi connectivity index (χ4n) is 5.20. The lowest BCUT2D eigenvalue weighted by Crippen LogP contribution is -2.49. The zero-order valence-electron chi connectivity index (χ0n) is 22.2. The first-order chi connectivity index (χ1) is 18.9. The van der Waals surface area contributed by atoms with E-state index in [0.29, 0.717) is 53.6 Å². The van der Waals surface area contributed by atoms with Crippen LogP contribution in [0.15, 0.2) is 66.7 Å². The predicted molar refractivity (Wildman–Crippen MR) is 155 cm³/mol. The molecule has 1 N–H and O–H groups in total. The van der Waals surface area contributed by atoms with Crippen LogP contribution in [0.5, 0.6) is 0 Å². The molecule has 2 saturated heterocycles. The highest BCUT2D eigenvalue weighted by Gasteiger charge is 2.27. The van der Waals surface area contributed by atoms with Gasteiger partial charge in [0.2, 0.25) is 0 Å². The molecule has 0 aromatic heterocycles. The van der Waals surface area contributed by atoms with E-state index in [0.717, 1.165) is 43.6 Å². The zero-order valence-corrected chi connectivity index (χ0v) is 22.9. The standard InChI is InChI=1S/C31H33ClN4O3/c1-22-9-11-23(12-10-22)30(38)36-19-17-34(18-20-36)28-14-13-24(33-29(37)25-7-3-4-8-27(25)32)21-26(28)31(39)35-15-5-2-6-16-35/h3-4,7-14,21H,2,5-6,15-20H2,1H3,(H,33,37). The van der Waals surface area contributed by atoms with Crippen LogP contribution in [0.3, 0.4) is 0 Å². The van der Waals surface area contributed by atoms with Crippen molar-refractivity contribution in [2.75, 3.05) is 49.5 Å². The van der Waals surface area contributed by atoms with Crippen molar-refractivity contribution >= 4 is 40.7 Å². The lowest BCUT2D eigenvalue weighted by atomic mass is 10.0. The van der Waals surface area contributed by atoms with Crippen LogP contribution in [0, 0.1) is 6.92 Å². The number of carbonyl (C=O) groups excluding carboxylic acids is 3. The molecule has 0 saturated carbocycles. The van der Waals surface area contributed by atoms with Crippen molar-refractivity contribution in [2.24, 2.45) is 0 Å². The van der Waals surface area contributed by atoms with E-state index < -0.39 is 0 Å². The van der Waals surface area contributed by atoms with Gasteiger partial charge in [0.05, 0.1) is 16.1 Å². The molecular weight excluding hydrogens is 512 g/mol. The maximum Gasteiger partial charge on any atom is 0.257 e. The van der Waals surface area contributed by atoms with E-state index in [2.05, 4.69) is 10.2 Å². The molecule has 2 aliphatic rings. The van der Waals surface area contributed by atoms with Gasteiger partial charge in [0, 0.05) is 56.2 Å². The summed E-state index contributed by atoms with van der Waals surface area (Å²) in [5.74, 6) is -0.332. The van der Waals surface area contributed by atoms with E-state index in [1.807, 2.05) is 53.1 Å². The van der Waals surface area contributed by atoms with Gasteiger partial charge in [-0.05, 0) is 68.7 Å². The van der Waals surface area contributed by atoms with Gasteiger partial charge >= 0.3 is 0 Å². The third kappa shape index (κ3) is 6.09. The molecular formula is C31H33ClN4O3. The monoisotopic (exact) mass is 544 g/mol. The molecule has 0 radical (unpaired) electrons. The van der Waals surface area contributed by atoms with E-state index in [9.17, 15) is 14.4 Å². The lowest BCUT2D eigenvalue weighted by Gasteiger charge is -2.37. The number of carbonyl (C=O) groups is 3. The molecule has 0 spiro atoms. The molecule has 2 aliphatic heterocycles. The molecule has 39 heavy (non-hydrogen) atoms. The number of nitrogens with zero attached hydrogens (tertiary/aromatic N) is 3. The van der Waals surface area contributed by atoms with Gasteiger partial charge in [-0.15, -0.1) is 0 Å². The Hall–Kier alpha value is -3.84. The van der Waals surface area contributed by atoms with Gasteiger partial charge in [-0.25, -0.2) is 0 Å². The van der Waals surface area contributed by atoms with E-state index >= 15 is 0 Å². The van der Waals surface area contributed by atoms with Gasteiger partial charge in [0.15, 0.2) is 0 Å². The Kier molecular flexibility index (Phi) is 8.17. The fraction of sp³-hybridized carbons (Fsp3) is 0.323. The summed E-state index contributed by atoms with van der Waals surface area (Å²) in [5, 5.41) is 3.28. The smallest absolute Gasteiger partial charge is 0.257 e. The normalized spacial score (nSPS) is 15.7. The first-order valence-corrected chi connectivity index (χ1v) is 13.9. The van der Waals surface area contributed by atoms with E-state index in [1.54, 1.807) is 30.3 Å². The molecule has 3 aromatic carbocycles. The molecule has 3 aromatic rings. The first-order valence-electron chi connectivity index (χ1n) is 13.5. The summed E-state index contributed by atoms with van der Waals surface area (Å²) in [6, 6.07) is 20.0. The summed E-state index contributed by atoms with van der Waals surface area (Å²) in [6.45, 7) is 5.82. The molecule has 8 heteroatoms. The van der Waals surface area contributed by atoms with Crippen LogP contribution in [-0.4, -0.2) is 66.8 Å². The summed E-state index contributed by atoms with van der Waals surface area (Å²) in [7, 11) is 0. The highest BCUT2D eigenvalue weighted by atomic mass is 35.5. The largest absolute Gasteiger partial charge is 0.367 e. The summed E-state index contributed by atoms with van der Waals surface area (Å²) < 4.78 is 0. The van der Waals surface area contributed by atoms with Gasteiger partial charge in [0.1, 0.15) is 0 Å². The summed E-state index contributed by atoms with van der Waals surface area (Å²) in [4.78, 5) is 45.6. The van der Waals surface area contributed by atoms with Gasteiger partial charge in [-0.1, -0.05) is 41.4 Å². The molecule has 0 bridgehead atoms. The number of halogens is 1. The number of amides is 3. The van der Waals surface area contributed by atoms with Crippen molar-refractivity contribution < 1.29 is 14.4 Å². The van der Waals surface area contributed by atoms with Crippen LogP contribution in [0.1, 0.15) is 55.9 Å². The van der Waals surface area contributed by atoms with Gasteiger partial charge in [0.25, 0.3) is 17.7 Å². The number of piperidine rings is 1. The predicted octanol–water partition coefficient (Wildman–Crippen LogP) is 5.49. The second-order valence-electron chi connectivity index (χ2n) is 10.2. The summed E-state index contributed by atoms with van der Waals surface area (Å²) in [5.41, 5.74) is 4.11. The van der Waals surface area contributed by atoms with Gasteiger partial charge in [-0.3, -0.25) is 14.4 Å². The molecule has 7 nitrogen and oxygen atoms in total. The van der Waals surface area contributed by atoms with E-state index in [4.69, 9.17) is 11.6 Å². The number of aryl methyl sites for hydroxylation is 1. The molecule has 202 valence electrons. The second-order valence-corrected chi connectivity index (χ2v) is 10.6. The van der Waals surface area contributed by atoms with Crippen molar-refractivity contribution in [3.63, 3.8) is 0 Å².